The first-order chi connectivity index (χ1) is 6.22. The van der Waals surface area contributed by atoms with Crippen LogP contribution in [0, 0.1) is 6.92 Å². The fourth-order valence-electron chi connectivity index (χ4n) is 0.581. The van der Waals surface area contributed by atoms with Gasteiger partial charge < -0.3 is 12.0 Å². The van der Waals surface area contributed by atoms with Crippen molar-refractivity contribution in [1.82, 2.24) is 0 Å². The van der Waals surface area contributed by atoms with Crippen molar-refractivity contribution in [3.8, 4) is 0 Å². The van der Waals surface area contributed by atoms with Crippen LogP contribution in [0.4, 0.5) is 0 Å². The molecule has 1 aromatic carbocycles. The maximum Gasteiger partial charge on any atom is 0.335 e. The predicted molar refractivity (Wildman–Crippen MR) is 53.7 cm³/mol. The number of unbranched alkanes of at least 4 members (excludes halogenated alkanes) is 1. The van der Waals surface area contributed by atoms with Crippen LogP contribution in [0.1, 0.15) is 30.1 Å². The number of benzene rings is 1. The van der Waals surface area contributed by atoms with Crippen molar-refractivity contribution in [2.75, 3.05) is 0 Å². The van der Waals surface area contributed by atoms with Gasteiger partial charge in [0.1, 0.15) is 0 Å². The van der Waals surface area contributed by atoms with Crippen molar-refractivity contribution in [3.05, 3.63) is 42.8 Å². The Balaban J connectivity index is 0. The Bertz CT molecular complexity index is 232. The Morgan fingerprint density at radius 2 is 1.79 bits per heavy atom. The normalized spacial score (nSPS) is 7.86. The molecule has 0 saturated carbocycles. The van der Waals surface area contributed by atoms with Crippen molar-refractivity contribution < 1.29 is 29.4 Å². The summed E-state index contributed by atoms with van der Waals surface area (Å²) in [5.41, 5.74) is 0.331. The minimum atomic E-state index is -0.879. The van der Waals surface area contributed by atoms with Crippen LogP contribution in [-0.4, -0.2) is 11.1 Å². The van der Waals surface area contributed by atoms with E-state index >= 15 is 0 Å². The van der Waals surface area contributed by atoms with E-state index in [2.05, 4.69) is 13.8 Å². The Morgan fingerprint density at radius 1 is 1.36 bits per heavy atom. The number of aromatic carboxylic acids is 1. The third kappa shape index (κ3) is 7.94. The first kappa shape index (κ1) is 15.8. The molecule has 0 saturated heterocycles. The van der Waals surface area contributed by atoms with Gasteiger partial charge in [0.05, 0.1) is 5.56 Å². The van der Waals surface area contributed by atoms with Crippen LogP contribution in [0.3, 0.4) is 0 Å². The molecule has 3 heteroatoms. The molecule has 0 amide bonds. The molecule has 14 heavy (non-hydrogen) atoms. The van der Waals surface area contributed by atoms with Crippen LogP contribution in [0.5, 0.6) is 0 Å². The van der Waals surface area contributed by atoms with Crippen molar-refractivity contribution in [1.29, 1.82) is 0 Å². The summed E-state index contributed by atoms with van der Waals surface area (Å²) >= 11 is 0. The topological polar surface area (TPSA) is 37.3 Å². The summed E-state index contributed by atoms with van der Waals surface area (Å²) in [5, 5.41) is 8.38. The van der Waals surface area contributed by atoms with Gasteiger partial charge in [0.2, 0.25) is 0 Å². The van der Waals surface area contributed by atoms with Crippen molar-refractivity contribution in [2.24, 2.45) is 0 Å². The molecule has 0 atom stereocenters. The van der Waals surface area contributed by atoms with Crippen molar-refractivity contribution in [2.45, 2.75) is 19.8 Å². The minimum Gasteiger partial charge on any atom is -0.478 e. The quantitative estimate of drug-likeness (QED) is 0.641. The van der Waals surface area contributed by atoms with E-state index in [1.54, 1.807) is 30.3 Å². The second-order valence-corrected chi connectivity index (χ2v) is 2.52. The molecule has 2 nitrogen and oxygen atoms in total. The zero-order valence-electron chi connectivity index (χ0n) is 8.57. The van der Waals surface area contributed by atoms with E-state index in [0.29, 0.717) is 5.56 Å². The van der Waals surface area contributed by atoms with Gasteiger partial charge in [-0.15, -0.1) is 0 Å². The van der Waals surface area contributed by atoms with Gasteiger partial charge in [0, 0.05) is 19.5 Å². The molecule has 0 fully saturated rings. The number of hydrogen-bond acceptors (Lipinski definition) is 1. The number of carbonyl (C=O) groups is 1. The van der Waals surface area contributed by atoms with Crippen LogP contribution in [0.2, 0.25) is 0 Å². The van der Waals surface area contributed by atoms with E-state index < -0.39 is 5.97 Å². The van der Waals surface area contributed by atoms with Gasteiger partial charge in [-0.05, 0) is 12.1 Å². The molecule has 0 aliphatic carbocycles. The second kappa shape index (κ2) is 10.4. The molecule has 0 aliphatic rings. The molecule has 1 N–H and O–H groups in total. The van der Waals surface area contributed by atoms with E-state index in [1.807, 2.05) is 0 Å². The fourth-order valence-corrected chi connectivity index (χ4v) is 0.581. The predicted octanol–water partition coefficient (Wildman–Crippen LogP) is 3.00. The maximum atomic E-state index is 10.2. The molecule has 0 heterocycles. The Hall–Kier alpha value is -0.687. The Labute approximate surface area is 98.1 Å². The largest absolute Gasteiger partial charge is 0.478 e. The van der Waals surface area contributed by atoms with Crippen LogP contribution in [0.25, 0.3) is 0 Å². The van der Waals surface area contributed by atoms with Gasteiger partial charge in [-0.25, -0.2) is 4.79 Å². The summed E-state index contributed by atoms with van der Waals surface area (Å²) < 4.78 is 0. The van der Waals surface area contributed by atoms with Crippen molar-refractivity contribution >= 4 is 5.97 Å². The second-order valence-electron chi connectivity index (χ2n) is 2.52. The average molecular weight is 245 g/mol. The average Bonchev–Trinajstić information content (AvgIpc) is 2.19. The third-order valence-corrected chi connectivity index (χ3v) is 1.37. The monoisotopic (exact) mass is 243 g/mol. The molecule has 0 unspecified atom stereocenters. The molecule has 74 valence electrons. The third-order valence-electron chi connectivity index (χ3n) is 1.37. The van der Waals surface area contributed by atoms with E-state index in [1.165, 1.54) is 6.42 Å². The van der Waals surface area contributed by atoms with Crippen LogP contribution >= 0.6 is 0 Å². The summed E-state index contributed by atoms with van der Waals surface area (Å²) in [7, 11) is 0. The number of rotatable bonds is 2. The number of hydrogen-bond donors (Lipinski definition) is 1. The van der Waals surface area contributed by atoms with Crippen molar-refractivity contribution in [3.63, 3.8) is 0 Å². The molecule has 0 aliphatic heterocycles. The summed E-state index contributed by atoms with van der Waals surface area (Å²) in [6, 6.07) is 8.30. The molecule has 0 aromatic heterocycles. The minimum absolute atomic E-state index is 0. The fraction of sp³-hybridized carbons (Fsp3) is 0.273. The Morgan fingerprint density at radius 3 is 2.00 bits per heavy atom. The van der Waals surface area contributed by atoms with Crippen LogP contribution < -0.4 is 0 Å². The van der Waals surface area contributed by atoms with Crippen LogP contribution in [0.15, 0.2) is 30.3 Å². The zero-order valence-corrected chi connectivity index (χ0v) is 11.5. The molecule has 0 bridgehead atoms. The smallest absolute Gasteiger partial charge is 0.335 e. The van der Waals surface area contributed by atoms with Gasteiger partial charge in [0.15, 0.2) is 0 Å². The van der Waals surface area contributed by atoms with Gasteiger partial charge in [-0.2, -0.15) is 6.42 Å². The first-order valence-corrected chi connectivity index (χ1v) is 4.30. The Kier molecular flexibility index (Phi) is 11.7. The molecular weight excluding hydrogens is 230 g/mol. The first-order valence-electron chi connectivity index (χ1n) is 4.30. The zero-order chi connectivity index (χ0) is 10.1. The molecule has 0 radical (unpaired) electrons. The molecule has 0 spiro atoms. The van der Waals surface area contributed by atoms with Gasteiger partial charge >= 0.3 is 5.97 Å². The van der Waals surface area contributed by atoms with Crippen LogP contribution in [-0.2, 0) is 19.5 Å². The number of carboxylic acid groups (broad SMARTS) is 1. The number of carboxylic acids is 1. The van der Waals surface area contributed by atoms with E-state index in [9.17, 15) is 4.79 Å². The summed E-state index contributed by atoms with van der Waals surface area (Å²) in [4.78, 5) is 10.2. The summed E-state index contributed by atoms with van der Waals surface area (Å²) in [5.74, 6) is -0.879. The van der Waals surface area contributed by atoms with E-state index in [-0.39, 0.29) is 19.5 Å². The van der Waals surface area contributed by atoms with Gasteiger partial charge in [-0.3, -0.25) is 0 Å². The van der Waals surface area contributed by atoms with E-state index in [0.717, 1.165) is 6.42 Å². The molecule has 1 aromatic rings. The van der Waals surface area contributed by atoms with Gasteiger partial charge in [0.25, 0.3) is 0 Å². The van der Waals surface area contributed by atoms with Gasteiger partial charge in [-0.1, -0.05) is 31.5 Å². The molecular formula is C11H15O2Zn-. The SMILES string of the molecule is O=C(O)c1ccccc1.[CH2-]CCC.[Zn]. The van der Waals surface area contributed by atoms with E-state index in [4.69, 9.17) is 5.11 Å². The summed E-state index contributed by atoms with van der Waals surface area (Å²) in [6.45, 7) is 5.72. The standard InChI is InChI=1S/C7H6O2.C4H9.Zn/c8-7(9)6-4-2-1-3-5-6;1-3-4-2;/h1-5H,(H,8,9);1,3-4H2,2H3;/q;-1;. The molecule has 1 rings (SSSR count). The maximum absolute atomic E-state index is 10.2. The summed E-state index contributed by atoms with van der Waals surface area (Å²) in [6.07, 6.45) is 2.28.